The Morgan fingerprint density at radius 3 is 2.57 bits per heavy atom. The highest BCUT2D eigenvalue weighted by Gasteiger charge is 2.05. The van der Waals surface area contributed by atoms with Crippen molar-refractivity contribution in [1.82, 2.24) is 16.0 Å². The number of amides is 1. The summed E-state index contributed by atoms with van der Waals surface area (Å²) < 4.78 is 0. The summed E-state index contributed by atoms with van der Waals surface area (Å²) in [6, 6.07) is 7.68. The Morgan fingerprint density at radius 2 is 1.87 bits per heavy atom. The predicted octanol–water partition coefficient (Wildman–Crippen LogP) is 2.68. The van der Waals surface area contributed by atoms with Crippen molar-refractivity contribution in [3.63, 3.8) is 0 Å². The van der Waals surface area contributed by atoms with Crippen molar-refractivity contribution >= 4 is 11.9 Å². The van der Waals surface area contributed by atoms with Gasteiger partial charge < -0.3 is 16.0 Å². The van der Waals surface area contributed by atoms with E-state index in [1.165, 1.54) is 12.8 Å². The Morgan fingerprint density at radius 1 is 1.04 bits per heavy atom. The van der Waals surface area contributed by atoms with Crippen molar-refractivity contribution < 1.29 is 4.79 Å². The molecule has 23 heavy (non-hydrogen) atoms. The van der Waals surface area contributed by atoms with E-state index in [4.69, 9.17) is 0 Å². The quantitative estimate of drug-likeness (QED) is 0.372. The van der Waals surface area contributed by atoms with Crippen LogP contribution in [0.1, 0.15) is 55.5 Å². The minimum atomic E-state index is -0.0178. The lowest BCUT2D eigenvalue weighted by molar-refractivity contribution is 0.0953. The molecule has 1 rings (SSSR count). The maximum absolute atomic E-state index is 12.0. The Hall–Kier alpha value is -2.04. The number of rotatable bonds is 9. The molecule has 0 aliphatic heterocycles. The number of aliphatic imine (C=N–C) groups is 1. The zero-order valence-electron chi connectivity index (χ0n) is 14.6. The Labute approximate surface area is 140 Å². The molecule has 5 nitrogen and oxygen atoms in total. The van der Waals surface area contributed by atoms with E-state index in [9.17, 15) is 4.79 Å². The first kappa shape index (κ1) is 19.0. The van der Waals surface area contributed by atoms with E-state index in [-0.39, 0.29) is 5.91 Å². The van der Waals surface area contributed by atoms with E-state index >= 15 is 0 Å². The van der Waals surface area contributed by atoms with Crippen molar-refractivity contribution in [3.8, 4) is 0 Å². The minimum Gasteiger partial charge on any atom is -0.356 e. The highest BCUT2D eigenvalue weighted by Crippen LogP contribution is 2.05. The van der Waals surface area contributed by atoms with Crippen LogP contribution in [-0.2, 0) is 6.54 Å². The van der Waals surface area contributed by atoms with Gasteiger partial charge >= 0.3 is 0 Å². The third kappa shape index (κ3) is 7.68. The number of carbonyl (C=O) groups is 1. The lowest BCUT2D eigenvalue weighted by Gasteiger charge is -2.12. The number of hydrogen-bond acceptors (Lipinski definition) is 2. The summed E-state index contributed by atoms with van der Waals surface area (Å²) in [7, 11) is 1.77. The largest absolute Gasteiger partial charge is 0.356 e. The lowest BCUT2D eigenvalue weighted by Crippen LogP contribution is -2.37. The Bertz CT molecular complexity index is 500. The van der Waals surface area contributed by atoms with Crippen molar-refractivity contribution in [2.75, 3.05) is 20.1 Å². The fourth-order valence-electron chi connectivity index (χ4n) is 2.15. The molecule has 3 N–H and O–H groups in total. The summed E-state index contributed by atoms with van der Waals surface area (Å²) in [5.41, 5.74) is 1.76. The number of nitrogens with one attached hydrogen (secondary N) is 3. The average molecular weight is 318 g/mol. The summed E-state index contributed by atoms with van der Waals surface area (Å²) in [4.78, 5) is 16.2. The topological polar surface area (TPSA) is 65.5 Å². The van der Waals surface area contributed by atoms with Crippen molar-refractivity contribution in [3.05, 3.63) is 35.4 Å². The summed E-state index contributed by atoms with van der Waals surface area (Å²) >= 11 is 0. The monoisotopic (exact) mass is 318 g/mol. The van der Waals surface area contributed by atoms with Crippen LogP contribution in [0.15, 0.2) is 29.3 Å². The number of hydrogen-bond donors (Lipinski definition) is 3. The zero-order valence-corrected chi connectivity index (χ0v) is 14.6. The Kier molecular flexibility index (Phi) is 9.52. The SMILES string of the molecule is CCCCCNC(=NC)NCc1cccc(C(=O)NCCC)c1. The van der Waals surface area contributed by atoms with Crippen LogP contribution in [0.2, 0.25) is 0 Å². The maximum Gasteiger partial charge on any atom is 0.251 e. The number of unbranched alkanes of at least 4 members (excludes halogenated alkanes) is 2. The van der Waals surface area contributed by atoms with Crippen molar-refractivity contribution in [1.29, 1.82) is 0 Å². The normalized spacial score (nSPS) is 11.2. The van der Waals surface area contributed by atoms with E-state index in [1.807, 2.05) is 31.2 Å². The molecule has 128 valence electrons. The predicted molar refractivity (Wildman–Crippen MR) is 96.8 cm³/mol. The first-order valence-electron chi connectivity index (χ1n) is 8.52. The smallest absolute Gasteiger partial charge is 0.251 e. The molecule has 0 unspecified atom stereocenters. The molecule has 0 aliphatic carbocycles. The molecule has 0 aromatic heterocycles. The van der Waals surface area contributed by atoms with E-state index in [0.717, 1.165) is 30.9 Å². The number of benzene rings is 1. The first-order valence-corrected chi connectivity index (χ1v) is 8.52. The van der Waals surface area contributed by atoms with Gasteiger partial charge in [0.25, 0.3) is 5.91 Å². The van der Waals surface area contributed by atoms with Gasteiger partial charge in [0.1, 0.15) is 0 Å². The molecule has 0 saturated carbocycles. The second kappa shape index (κ2) is 11.5. The van der Waals surface area contributed by atoms with E-state index in [1.54, 1.807) is 7.05 Å². The van der Waals surface area contributed by atoms with Crippen LogP contribution in [0.4, 0.5) is 0 Å². The van der Waals surface area contributed by atoms with Crippen molar-refractivity contribution in [2.24, 2.45) is 4.99 Å². The standard InChI is InChI=1S/C18H30N4O/c1-4-6-7-12-21-18(19-3)22-14-15-9-8-10-16(13-15)17(23)20-11-5-2/h8-10,13H,4-7,11-12,14H2,1-3H3,(H,20,23)(H2,19,21,22). The molecule has 5 heteroatoms. The molecule has 1 aromatic rings. The van der Waals surface area contributed by atoms with Crippen LogP contribution in [-0.4, -0.2) is 32.0 Å². The highest BCUT2D eigenvalue weighted by atomic mass is 16.1. The summed E-state index contributed by atoms with van der Waals surface area (Å²) in [5, 5.41) is 9.47. The number of guanidine groups is 1. The maximum atomic E-state index is 12.0. The molecular formula is C18H30N4O. The first-order chi connectivity index (χ1) is 11.2. The zero-order chi connectivity index (χ0) is 16.9. The summed E-state index contributed by atoms with van der Waals surface area (Å²) in [6.07, 6.45) is 4.51. The number of carbonyl (C=O) groups excluding carboxylic acids is 1. The van der Waals surface area contributed by atoms with E-state index < -0.39 is 0 Å². The van der Waals surface area contributed by atoms with Gasteiger partial charge in [-0.2, -0.15) is 0 Å². The minimum absolute atomic E-state index is 0.0178. The Balaban J connectivity index is 2.48. The molecule has 0 bridgehead atoms. The molecule has 0 spiro atoms. The van der Waals surface area contributed by atoms with Crippen LogP contribution in [0.3, 0.4) is 0 Å². The van der Waals surface area contributed by atoms with Gasteiger partial charge in [-0.25, -0.2) is 0 Å². The molecule has 0 heterocycles. The van der Waals surface area contributed by atoms with E-state index in [2.05, 4.69) is 27.9 Å². The fraction of sp³-hybridized carbons (Fsp3) is 0.556. The molecule has 1 aromatic carbocycles. The molecule has 0 atom stereocenters. The molecule has 0 saturated heterocycles. The number of nitrogens with zero attached hydrogens (tertiary/aromatic N) is 1. The lowest BCUT2D eigenvalue weighted by atomic mass is 10.1. The van der Waals surface area contributed by atoms with Crippen LogP contribution in [0.25, 0.3) is 0 Å². The molecule has 1 amide bonds. The van der Waals surface area contributed by atoms with Gasteiger partial charge in [-0.15, -0.1) is 0 Å². The highest BCUT2D eigenvalue weighted by molar-refractivity contribution is 5.94. The molecule has 0 radical (unpaired) electrons. The molecule has 0 fully saturated rings. The van der Waals surface area contributed by atoms with Gasteiger partial charge in [0, 0.05) is 32.2 Å². The average Bonchev–Trinajstić information content (AvgIpc) is 2.59. The van der Waals surface area contributed by atoms with Gasteiger partial charge in [0.05, 0.1) is 0 Å². The van der Waals surface area contributed by atoms with E-state index in [0.29, 0.717) is 18.7 Å². The van der Waals surface area contributed by atoms with Gasteiger partial charge in [-0.05, 0) is 30.5 Å². The van der Waals surface area contributed by atoms with Crippen molar-refractivity contribution in [2.45, 2.75) is 46.1 Å². The summed E-state index contributed by atoms with van der Waals surface area (Å²) in [6.45, 7) is 6.50. The van der Waals surface area contributed by atoms with Gasteiger partial charge in [-0.3, -0.25) is 9.79 Å². The van der Waals surface area contributed by atoms with Crippen LogP contribution < -0.4 is 16.0 Å². The van der Waals surface area contributed by atoms with Crippen LogP contribution in [0.5, 0.6) is 0 Å². The van der Waals surface area contributed by atoms with Crippen LogP contribution in [0, 0.1) is 0 Å². The third-order valence-electron chi connectivity index (χ3n) is 3.48. The van der Waals surface area contributed by atoms with Gasteiger partial charge in [-0.1, -0.05) is 38.8 Å². The summed E-state index contributed by atoms with van der Waals surface area (Å²) in [5.74, 6) is 0.776. The van der Waals surface area contributed by atoms with Gasteiger partial charge in [0.15, 0.2) is 5.96 Å². The third-order valence-corrected chi connectivity index (χ3v) is 3.48. The van der Waals surface area contributed by atoms with Gasteiger partial charge in [0.2, 0.25) is 0 Å². The second-order valence-electron chi connectivity index (χ2n) is 5.52. The second-order valence-corrected chi connectivity index (χ2v) is 5.52. The molecular weight excluding hydrogens is 288 g/mol. The molecule has 0 aliphatic rings. The fourth-order valence-corrected chi connectivity index (χ4v) is 2.15. The van der Waals surface area contributed by atoms with Crippen LogP contribution >= 0.6 is 0 Å².